The third-order valence-electron chi connectivity index (χ3n) is 5.24. The molecule has 0 saturated heterocycles. The highest BCUT2D eigenvalue weighted by Gasteiger charge is 2.14. The monoisotopic (exact) mass is 449 g/mol. The summed E-state index contributed by atoms with van der Waals surface area (Å²) < 4.78 is 23.3. The zero-order valence-electron chi connectivity index (χ0n) is 18.7. The molecule has 0 aromatic heterocycles. The summed E-state index contributed by atoms with van der Waals surface area (Å²) in [7, 11) is -3.19. The van der Waals surface area contributed by atoms with E-state index in [2.05, 4.69) is 64.2 Å². The first-order valence-electron chi connectivity index (χ1n) is 10.9. The van der Waals surface area contributed by atoms with E-state index in [4.69, 9.17) is 0 Å². The molecule has 168 valence electrons. The predicted octanol–water partition coefficient (Wildman–Crippen LogP) is 4.37. The minimum atomic E-state index is -3.19. The Morgan fingerprint density at radius 2 is 1.41 bits per heavy atom. The summed E-state index contributed by atoms with van der Waals surface area (Å²) in [4.78, 5) is 4.99. The number of rotatable bonds is 9. The van der Waals surface area contributed by atoms with Crippen molar-refractivity contribution in [3.05, 3.63) is 102 Å². The van der Waals surface area contributed by atoms with Crippen LogP contribution in [-0.2, 0) is 16.4 Å². The zero-order chi connectivity index (χ0) is 22.8. The van der Waals surface area contributed by atoms with Crippen LogP contribution in [0.1, 0.15) is 36.0 Å². The molecular formula is C26H31N3O2S. The molecule has 0 aliphatic heterocycles. The highest BCUT2D eigenvalue weighted by Crippen LogP contribution is 2.27. The lowest BCUT2D eigenvalue weighted by Crippen LogP contribution is -2.38. The standard InChI is InChI=1S/C26H31N3O2S/c1-3-27-26(29-20-21-14-16-24(17-15-21)32(2,30)31)28-19-18-25(22-10-6-4-7-11-22)23-12-8-5-9-13-23/h4-17,25H,3,18-20H2,1-2H3,(H2,27,28,29). The first-order valence-corrected chi connectivity index (χ1v) is 12.8. The van der Waals surface area contributed by atoms with Crippen LogP contribution in [0.3, 0.4) is 0 Å². The number of hydrogen-bond donors (Lipinski definition) is 2. The summed E-state index contributed by atoms with van der Waals surface area (Å²) in [5.41, 5.74) is 3.56. The van der Waals surface area contributed by atoms with Crippen molar-refractivity contribution in [1.29, 1.82) is 0 Å². The van der Waals surface area contributed by atoms with Crippen molar-refractivity contribution >= 4 is 15.8 Å². The van der Waals surface area contributed by atoms with E-state index < -0.39 is 9.84 Å². The van der Waals surface area contributed by atoms with E-state index in [0.29, 0.717) is 17.4 Å². The quantitative estimate of drug-likeness (QED) is 0.376. The van der Waals surface area contributed by atoms with Gasteiger partial charge in [0.2, 0.25) is 0 Å². The Morgan fingerprint density at radius 1 is 0.844 bits per heavy atom. The van der Waals surface area contributed by atoms with Gasteiger partial charge >= 0.3 is 0 Å². The largest absolute Gasteiger partial charge is 0.357 e. The Bertz CT molecular complexity index is 1060. The second kappa shape index (κ2) is 11.5. The lowest BCUT2D eigenvalue weighted by Gasteiger charge is -2.19. The van der Waals surface area contributed by atoms with Crippen LogP contribution in [0.5, 0.6) is 0 Å². The van der Waals surface area contributed by atoms with E-state index in [1.54, 1.807) is 12.1 Å². The third kappa shape index (κ3) is 6.95. The zero-order valence-corrected chi connectivity index (χ0v) is 19.5. The first-order chi connectivity index (χ1) is 15.5. The molecule has 3 rings (SSSR count). The number of hydrogen-bond acceptors (Lipinski definition) is 3. The van der Waals surface area contributed by atoms with E-state index >= 15 is 0 Å². The van der Waals surface area contributed by atoms with E-state index in [1.165, 1.54) is 17.4 Å². The maximum atomic E-state index is 11.6. The van der Waals surface area contributed by atoms with Crippen molar-refractivity contribution in [3.63, 3.8) is 0 Å². The molecule has 2 N–H and O–H groups in total. The summed E-state index contributed by atoms with van der Waals surface area (Å²) >= 11 is 0. The smallest absolute Gasteiger partial charge is 0.191 e. The van der Waals surface area contributed by atoms with Gasteiger partial charge in [-0.05, 0) is 42.2 Å². The molecule has 0 aliphatic rings. The number of benzene rings is 3. The van der Waals surface area contributed by atoms with Gasteiger partial charge in [-0.3, -0.25) is 0 Å². The van der Waals surface area contributed by atoms with Gasteiger partial charge in [-0.1, -0.05) is 72.8 Å². The average Bonchev–Trinajstić information content (AvgIpc) is 2.81. The van der Waals surface area contributed by atoms with Crippen LogP contribution in [0.2, 0.25) is 0 Å². The fourth-order valence-corrected chi connectivity index (χ4v) is 4.22. The van der Waals surface area contributed by atoms with Gasteiger partial charge in [0.25, 0.3) is 0 Å². The Hall–Kier alpha value is -3.12. The number of sulfone groups is 1. The van der Waals surface area contributed by atoms with Crippen molar-refractivity contribution in [2.24, 2.45) is 4.99 Å². The molecule has 5 nitrogen and oxygen atoms in total. The van der Waals surface area contributed by atoms with Crippen LogP contribution in [-0.4, -0.2) is 33.7 Å². The van der Waals surface area contributed by atoms with Crippen molar-refractivity contribution in [2.75, 3.05) is 19.3 Å². The van der Waals surface area contributed by atoms with Crippen LogP contribution >= 0.6 is 0 Å². The second-order valence-electron chi connectivity index (χ2n) is 7.70. The average molecular weight is 450 g/mol. The maximum Gasteiger partial charge on any atom is 0.191 e. The molecule has 0 bridgehead atoms. The van der Waals surface area contributed by atoms with Crippen molar-refractivity contribution in [1.82, 2.24) is 10.6 Å². The first kappa shape index (κ1) is 23.5. The molecule has 0 heterocycles. The Morgan fingerprint density at radius 3 is 1.91 bits per heavy atom. The molecule has 3 aromatic carbocycles. The fraction of sp³-hybridized carbons (Fsp3) is 0.269. The highest BCUT2D eigenvalue weighted by molar-refractivity contribution is 7.90. The van der Waals surface area contributed by atoms with Crippen LogP contribution in [0.15, 0.2) is 94.8 Å². The van der Waals surface area contributed by atoms with Crippen LogP contribution in [0, 0.1) is 0 Å². The van der Waals surface area contributed by atoms with Crippen LogP contribution in [0.25, 0.3) is 0 Å². The molecule has 0 aliphatic carbocycles. The van der Waals surface area contributed by atoms with Gasteiger partial charge in [0.1, 0.15) is 0 Å². The van der Waals surface area contributed by atoms with E-state index in [-0.39, 0.29) is 0 Å². The third-order valence-corrected chi connectivity index (χ3v) is 6.37. The summed E-state index contributed by atoms with van der Waals surface area (Å²) in [6, 6.07) is 28.0. The van der Waals surface area contributed by atoms with Gasteiger partial charge in [-0.2, -0.15) is 0 Å². The van der Waals surface area contributed by atoms with Crippen LogP contribution < -0.4 is 10.6 Å². The molecule has 32 heavy (non-hydrogen) atoms. The minimum absolute atomic E-state index is 0.302. The summed E-state index contributed by atoms with van der Waals surface area (Å²) in [6.07, 6.45) is 2.15. The Kier molecular flexibility index (Phi) is 8.45. The van der Waals surface area contributed by atoms with Gasteiger partial charge in [0.15, 0.2) is 15.8 Å². The number of nitrogens with zero attached hydrogens (tertiary/aromatic N) is 1. The number of nitrogens with one attached hydrogen (secondary N) is 2. The molecule has 0 saturated carbocycles. The topological polar surface area (TPSA) is 70.6 Å². The summed E-state index contributed by atoms with van der Waals surface area (Å²) in [5, 5.41) is 6.72. The predicted molar refractivity (Wildman–Crippen MR) is 132 cm³/mol. The van der Waals surface area contributed by atoms with E-state index in [0.717, 1.165) is 31.0 Å². The molecule has 0 unspecified atom stereocenters. The molecule has 0 radical (unpaired) electrons. The number of guanidine groups is 1. The van der Waals surface area contributed by atoms with Crippen molar-refractivity contribution < 1.29 is 8.42 Å². The summed E-state index contributed by atoms with van der Waals surface area (Å²) in [5.74, 6) is 1.05. The lowest BCUT2D eigenvalue weighted by atomic mass is 9.88. The molecule has 0 fully saturated rings. The van der Waals surface area contributed by atoms with Gasteiger partial charge in [0.05, 0.1) is 11.4 Å². The van der Waals surface area contributed by atoms with Gasteiger partial charge in [-0.15, -0.1) is 0 Å². The van der Waals surface area contributed by atoms with Gasteiger partial charge < -0.3 is 10.6 Å². The molecule has 6 heteroatoms. The molecule has 3 aromatic rings. The number of aliphatic imine (C=N–C) groups is 1. The van der Waals surface area contributed by atoms with Crippen LogP contribution in [0.4, 0.5) is 0 Å². The minimum Gasteiger partial charge on any atom is -0.357 e. The fourth-order valence-electron chi connectivity index (χ4n) is 3.59. The van der Waals surface area contributed by atoms with Gasteiger partial charge in [0, 0.05) is 25.3 Å². The summed E-state index contributed by atoms with van der Waals surface area (Å²) in [6.45, 7) is 4.04. The SMILES string of the molecule is CCNC(=NCc1ccc(S(C)(=O)=O)cc1)NCCC(c1ccccc1)c1ccccc1. The second-order valence-corrected chi connectivity index (χ2v) is 9.72. The van der Waals surface area contributed by atoms with Gasteiger partial charge in [-0.25, -0.2) is 13.4 Å². The highest BCUT2D eigenvalue weighted by atomic mass is 32.2. The lowest BCUT2D eigenvalue weighted by molar-refractivity contribution is 0.602. The Balaban J connectivity index is 1.65. The van der Waals surface area contributed by atoms with E-state index in [9.17, 15) is 8.42 Å². The molecule has 0 atom stereocenters. The molecule has 0 amide bonds. The molecular weight excluding hydrogens is 418 g/mol. The van der Waals surface area contributed by atoms with Crippen molar-refractivity contribution in [3.8, 4) is 0 Å². The van der Waals surface area contributed by atoms with E-state index in [1.807, 2.05) is 31.2 Å². The Labute approximate surface area is 191 Å². The normalized spacial score (nSPS) is 12.0. The molecule has 0 spiro atoms. The van der Waals surface area contributed by atoms with Crippen molar-refractivity contribution in [2.45, 2.75) is 30.7 Å². The maximum absolute atomic E-state index is 11.6.